The second-order valence-corrected chi connectivity index (χ2v) is 4.72. The van der Waals surface area contributed by atoms with Crippen LogP contribution in [0.4, 0.5) is 5.82 Å². The number of para-hydroxylation sites is 1. The molecule has 0 spiro atoms. The van der Waals surface area contributed by atoms with Gasteiger partial charge >= 0.3 is 0 Å². The minimum absolute atomic E-state index is 0.548. The van der Waals surface area contributed by atoms with Gasteiger partial charge in [0.2, 0.25) is 0 Å². The van der Waals surface area contributed by atoms with E-state index in [0.717, 1.165) is 16.7 Å². The zero-order valence-electron chi connectivity index (χ0n) is 9.22. The molecule has 1 aliphatic rings. The van der Waals surface area contributed by atoms with E-state index in [1.165, 1.54) is 0 Å². The van der Waals surface area contributed by atoms with Gasteiger partial charge in [0, 0.05) is 18.5 Å². The van der Waals surface area contributed by atoms with E-state index in [1.807, 2.05) is 31.2 Å². The van der Waals surface area contributed by atoms with Crippen LogP contribution in [0.5, 0.6) is 0 Å². The molecule has 1 aromatic carbocycles. The van der Waals surface area contributed by atoms with Gasteiger partial charge in [0.05, 0.1) is 11.1 Å². The summed E-state index contributed by atoms with van der Waals surface area (Å²) in [6.45, 7) is 3.18. The molecule has 3 rings (SSSR count). The zero-order valence-corrected chi connectivity index (χ0v) is 9.22. The van der Waals surface area contributed by atoms with E-state index in [4.69, 9.17) is 0 Å². The Labute approximate surface area is 94.3 Å². The Balaban J connectivity index is 1.94. The topological polar surface area (TPSA) is 36.4 Å². The van der Waals surface area contributed by atoms with Gasteiger partial charge in [-0.15, -0.1) is 0 Å². The number of rotatable bonds is 1. The predicted molar refractivity (Wildman–Crippen MR) is 64.6 cm³/mol. The van der Waals surface area contributed by atoms with Crippen molar-refractivity contribution in [1.29, 1.82) is 0 Å². The third-order valence-electron chi connectivity index (χ3n) is 2.97. The van der Waals surface area contributed by atoms with Gasteiger partial charge in [-0.25, -0.2) is 4.98 Å². The first-order valence-corrected chi connectivity index (χ1v) is 5.47. The molecule has 0 bridgehead atoms. The van der Waals surface area contributed by atoms with E-state index < -0.39 is 5.60 Å². The highest BCUT2D eigenvalue weighted by Gasteiger charge is 2.37. The molecule has 0 unspecified atom stereocenters. The molecule has 0 aliphatic carbocycles. The number of aromatic nitrogens is 1. The summed E-state index contributed by atoms with van der Waals surface area (Å²) in [5, 5.41) is 10.8. The number of nitrogens with zero attached hydrogens (tertiary/aromatic N) is 2. The third kappa shape index (κ3) is 1.53. The van der Waals surface area contributed by atoms with Crippen molar-refractivity contribution in [2.75, 3.05) is 18.0 Å². The zero-order chi connectivity index (χ0) is 11.2. The molecule has 2 aromatic rings. The van der Waals surface area contributed by atoms with Gasteiger partial charge in [0.1, 0.15) is 5.82 Å². The fourth-order valence-electron chi connectivity index (χ4n) is 2.17. The molecule has 1 saturated heterocycles. The number of anilines is 1. The fourth-order valence-corrected chi connectivity index (χ4v) is 2.17. The van der Waals surface area contributed by atoms with E-state index in [0.29, 0.717) is 13.1 Å². The minimum Gasteiger partial charge on any atom is -0.386 e. The quantitative estimate of drug-likeness (QED) is 0.786. The molecule has 3 heteroatoms. The lowest BCUT2D eigenvalue weighted by atomic mass is 9.97. The number of hydrogen-bond donors (Lipinski definition) is 1. The van der Waals surface area contributed by atoms with Crippen LogP contribution < -0.4 is 4.90 Å². The highest BCUT2D eigenvalue weighted by Crippen LogP contribution is 2.27. The van der Waals surface area contributed by atoms with Crippen molar-refractivity contribution in [3.05, 3.63) is 36.4 Å². The molecule has 0 atom stereocenters. The summed E-state index contributed by atoms with van der Waals surface area (Å²) in [7, 11) is 0. The first-order chi connectivity index (χ1) is 7.64. The summed E-state index contributed by atoms with van der Waals surface area (Å²) in [4.78, 5) is 6.67. The lowest BCUT2D eigenvalue weighted by Gasteiger charge is -2.44. The molecule has 1 fully saturated rings. The van der Waals surface area contributed by atoms with Crippen LogP contribution in [0.2, 0.25) is 0 Å². The number of pyridine rings is 1. The van der Waals surface area contributed by atoms with Crippen molar-refractivity contribution in [2.45, 2.75) is 12.5 Å². The van der Waals surface area contributed by atoms with Gasteiger partial charge in [0.15, 0.2) is 0 Å². The summed E-state index contributed by atoms with van der Waals surface area (Å²) in [5.41, 5.74) is 0.458. The molecular formula is C13H14N2O. The van der Waals surface area contributed by atoms with Crippen LogP contribution in [0.25, 0.3) is 10.9 Å². The number of β-amino-alcohol motifs (C(OH)–C–C–N with tert-alkyl or cyclic N) is 1. The maximum atomic E-state index is 9.69. The Kier molecular flexibility index (Phi) is 1.91. The lowest BCUT2D eigenvalue weighted by molar-refractivity contribution is 0.0306. The van der Waals surface area contributed by atoms with Gasteiger partial charge in [-0.2, -0.15) is 0 Å². The Bertz CT molecular complexity index is 528. The second-order valence-electron chi connectivity index (χ2n) is 4.72. The molecule has 16 heavy (non-hydrogen) atoms. The maximum absolute atomic E-state index is 9.69. The molecule has 0 amide bonds. The molecule has 0 saturated carbocycles. The molecule has 3 nitrogen and oxygen atoms in total. The Morgan fingerprint density at radius 1 is 1.19 bits per heavy atom. The summed E-state index contributed by atoms with van der Waals surface area (Å²) in [5.74, 6) is 0.949. The van der Waals surface area contributed by atoms with Gasteiger partial charge in [-0.05, 0) is 25.1 Å². The first kappa shape index (κ1) is 9.60. The van der Waals surface area contributed by atoms with E-state index in [1.54, 1.807) is 0 Å². The maximum Gasteiger partial charge on any atom is 0.129 e. The molecular weight excluding hydrogens is 200 g/mol. The van der Waals surface area contributed by atoms with Gasteiger partial charge in [-0.1, -0.05) is 18.2 Å². The summed E-state index contributed by atoms with van der Waals surface area (Å²) >= 11 is 0. The van der Waals surface area contributed by atoms with Crippen LogP contribution in [-0.2, 0) is 0 Å². The van der Waals surface area contributed by atoms with Crippen molar-refractivity contribution in [2.24, 2.45) is 0 Å². The number of benzene rings is 1. The third-order valence-corrected chi connectivity index (χ3v) is 2.97. The van der Waals surface area contributed by atoms with Crippen LogP contribution >= 0.6 is 0 Å². The lowest BCUT2D eigenvalue weighted by Crippen LogP contribution is -2.60. The molecule has 82 valence electrons. The van der Waals surface area contributed by atoms with Crippen LogP contribution in [0, 0.1) is 0 Å². The summed E-state index contributed by atoms with van der Waals surface area (Å²) in [6.07, 6.45) is 0. The highest BCUT2D eigenvalue weighted by atomic mass is 16.3. The highest BCUT2D eigenvalue weighted by molar-refractivity contribution is 5.80. The molecule has 1 aromatic heterocycles. The Morgan fingerprint density at radius 2 is 1.94 bits per heavy atom. The second kappa shape index (κ2) is 3.19. The van der Waals surface area contributed by atoms with E-state index in [2.05, 4.69) is 22.0 Å². The van der Waals surface area contributed by atoms with Gasteiger partial charge in [-0.3, -0.25) is 0 Å². The number of fused-ring (bicyclic) bond motifs is 1. The van der Waals surface area contributed by atoms with Crippen LogP contribution in [0.3, 0.4) is 0 Å². The van der Waals surface area contributed by atoms with E-state index >= 15 is 0 Å². The fraction of sp³-hybridized carbons (Fsp3) is 0.308. The molecule has 0 radical (unpaired) electrons. The van der Waals surface area contributed by atoms with Crippen molar-refractivity contribution < 1.29 is 5.11 Å². The summed E-state index contributed by atoms with van der Waals surface area (Å²) in [6, 6.07) is 12.2. The van der Waals surface area contributed by atoms with E-state index in [-0.39, 0.29) is 0 Å². The molecule has 1 aliphatic heterocycles. The average molecular weight is 214 g/mol. The molecule has 2 heterocycles. The largest absolute Gasteiger partial charge is 0.386 e. The van der Waals surface area contributed by atoms with Crippen molar-refractivity contribution in [3.63, 3.8) is 0 Å². The van der Waals surface area contributed by atoms with Crippen molar-refractivity contribution in [3.8, 4) is 0 Å². The monoisotopic (exact) mass is 214 g/mol. The van der Waals surface area contributed by atoms with Gasteiger partial charge < -0.3 is 10.0 Å². The average Bonchev–Trinajstić information content (AvgIpc) is 2.25. The Morgan fingerprint density at radius 3 is 2.69 bits per heavy atom. The number of aliphatic hydroxyl groups is 1. The molecule has 1 N–H and O–H groups in total. The van der Waals surface area contributed by atoms with E-state index in [9.17, 15) is 5.11 Å². The van der Waals surface area contributed by atoms with Crippen LogP contribution in [0.15, 0.2) is 36.4 Å². The number of hydrogen-bond acceptors (Lipinski definition) is 3. The standard InChI is InChI=1S/C13H14N2O/c1-13(16)8-15(9-13)12-7-6-10-4-2-3-5-11(10)14-12/h2-7,16H,8-9H2,1H3. The van der Waals surface area contributed by atoms with Crippen molar-refractivity contribution in [1.82, 2.24) is 4.98 Å². The van der Waals surface area contributed by atoms with Gasteiger partial charge in [0.25, 0.3) is 0 Å². The smallest absolute Gasteiger partial charge is 0.129 e. The van der Waals surface area contributed by atoms with Crippen molar-refractivity contribution >= 4 is 16.7 Å². The summed E-state index contributed by atoms with van der Waals surface area (Å²) < 4.78 is 0. The Hall–Kier alpha value is -1.61. The SMILES string of the molecule is CC1(O)CN(c2ccc3ccccc3n2)C1. The van der Waals surface area contributed by atoms with Crippen LogP contribution in [0.1, 0.15) is 6.92 Å². The van der Waals surface area contributed by atoms with Crippen LogP contribution in [-0.4, -0.2) is 28.8 Å². The minimum atomic E-state index is -0.548. The normalized spacial score (nSPS) is 18.5. The predicted octanol–water partition coefficient (Wildman–Crippen LogP) is 1.81. The first-order valence-electron chi connectivity index (χ1n) is 5.47.